The average Bonchev–Trinajstić information content (AvgIpc) is 2.78. The van der Waals surface area contributed by atoms with Gasteiger partial charge in [0, 0.05) is 29.1 Å². The molecule has 0 radical (unpaired) electrons. The van der Waals surface area contributed by atoms with E-state index in [9.17, 15) is 4.79 Å². The molecule has 0 saturated carbocycles. The first kappa shape index (κ1) is 22.1. The van der Waals surface area contributed by atoms with Crippen LogP contribution in [-0.4, -0.2) is 29.5 Å². The Morgan fingerprint density at radius 2 is 1.94 bits per heavy atom. The highest BCUT2D eigenvalue weighted by Gasteiger charge is 2.12. The Hall–Kier alpha value is -3.59. The van der Waals surface area contributed by atoms with Crippen LogP contribution >= 0.6 is 0 Å². The fourth-order valence-corrected chi connectivity index (χ4v) is 3.27. The van der Waals surface area contributed by atoms with Crippen LogP contribution in [0.4, 0.5) is 11.5 Å². The normalized spacial score (nSPS) is 10.5. The molecule has 0 saturated heterocycles. The van der Waals surface area contributed by atoms with Crippen molar-refractivity contribution in [3.63, 3.8) is 0 Å². The summed E-state index contributed by atoms with van der Waals surface area (Å²) < 4.78 is 11.5. The number of carbonyl (C=O) groups excluding carboxylic acids is 1. The summed E-state index contributed by atoms with van der Waals surface area (Å²) in [5, 5.41) is 4.14. The second-order valence-corrected chi connectivity index (χ2v) is 7.31. The highest BCUT2D eigenvalue weighted by atomic mass is 16.5. The molecule has 3 rings (SSSR count). The molecule has 0 spiro atoms. The van der Waals surface area contributed by atoms with Crippen molar-refractivity contribution in [2.24, 2.45) is 0 Å². The minimum absolute atomic E-state index is 0.245. The lowest BCUT2D eigenvalue weighted by Crippen LogP contribution is -2.01. The average molecular weight is 418 g/mol. The molecule has 0 unspecified atom stereocenters. The number of nitrogens with zero attached hydrogens (tertiary/aromatic N) is 2. The first-order valence-corrected chi connectivity index (χ1v) is 10.4. The van der Waals surface area contributed by atoms with Crippen LogP contribution in [-0.2, 0) is 4.79 Å². The van der Waals surface area contributed by atoms with Gasteiger partial charge in [0.2, 0.25) is 0 Å². The summed E-state index contributed by atoms with van der Waals surface area (Å²) in [4.78, 5) is 19.8. The highest BCUT2D eigenvalue weighted by molar-refractivity contribution is 5.93. The third kappa shape index (κ3) is 6.19. The van der Waals surface area contributed by atoms with Crippen LogP contribution in [0.25, 0.3) is 10.9 Å². The lowest BCUT2D eigenvalue weighted by Gasteiger charge is -2.14. The van der Waals surface area contributed by atoms with Crippen LogP contribution < -0.4 is 14.8 Å². The quantitative estimate of drug-likeness (QED) is 0.338. The van der Waals surface area contributed by atoms with Crippen molar-refractivity contribution >= 4 is 28.2 Å². The molecule has 0 bridgehead atoms. The summed E-state index contributed by atoms with van der Waals surface area (Å²) in [6.45, 7) is 2.20. The summed E-state index contributed by atoms with van der Waals surface area (Å²) >= 11 is 0. The molecule has 0 amide bonds. The Kier molecular flexibility index (Phi) is 7.83. The molecular weight excluding hydrogens is 390 g/mol. The zero-order chi connectivity index (χ0) is 22.1. The molecule has 6 nitrogen and oxygen atoms in total. The zero-order valence-electron chi connectivity index (χ0n) is 18.0. The summed E-state index contributed by atoms with van der Waals surface area (Å²) in [5.41, 5.74) is 2.38. The third-order valence-corrected chi connectivity index (χ3v) is 4.89. The van der Waals surface area contributed by atoms with E-state index in [1.165, 1.54) is 6.33 Å². The predicted octanol–water partition coefficient (Wildman–Crippen LogP) is 5.28. The van der Waals surface area contributed by atoms with Crippen molar-refractivity contribution in [1.29, 1.82) is 0 Å². The molecule has 2 aromatic carbocycles. The number of rotatable bonds is 11. The monoisotopic (exact) mass is 417 g/mol. The van der Waals surface area contributed by atoms with Crippen LogP contribution in [0, 0.1) is 12.3 Å². The number of ether oxygens (including phenoxy) is 2. The molecule has 3 aromatic rings. The second-order valence-electron chi connectivity index (χ2n) is 7.31. The summed E-state index contributed by atoms with van der Waals surface area (Å²) in [6, 6.07) is 11.3. The van der Waals surface area contributed by atoms with Gasteiger partial charge in [0.15, 0.2) is 11.5 Å². The molecule has 0 atom stereocenters. The smallest absolute Gasteiger partial charge is 0.162 e. The molecule has 1 N–H and O–H groups in total. The molecule has 0 fully saturated rings. The number of methoxy groups -OCH3 is 1. The van der Waals surface area contributed by atoms with Crippen molar-refractivity contribution in [3.05, 3.63) is 48.3 Å². The maximum absolute atomic E-state index is 11.0. The van der Waals surface area contributed by atoms with E-state index >= 15 is 0 Å². The maximum Gasteiger partial charge on any atom is 0.162 e. The van der Waals surface area contributed by atoms with Crippen LogP contribution in [0.5, 0.6) is 11.5 Å². The molecular formula is C25H27N3O3. The number of Topliss-reactive ketones (excluding diaryl/α,β-unsaturated/α-hetero) is 1. The molecule has 6 heteroatoms. The Labute approximate surface area is 183 Å². The van der Waals surface area contributed by atoms with Gasteiger partial charge in [0.05, 0.1) is 19.2 Å². The first-order chi connectivity index (χ1) is 15.1. The van der Waals surface area contributed by atoms with Crippen LogP contribution in [0.3, 0.4) is 0 Å². The SMILES string of the molecule is C#Cc1cccc(Nc2ncnc3cc(OC)c(OCCCCCCC(C)=O)cc23)c1. The minimum atomic E-state index is 0.245. The number of aromatic nitrogens is 2. The van der Waals surface area contributed by atoms with Gasteiger partial charge < -0.3 is 19.6 Å². The number of terminal acetylenes is 1. The van der Waals surface area contributed by atoms with Crippen molar-refractivity contribution in [2.45, 2.75) is 39.0 Å². The van der Waals surface area contributed by atoms with Gasteiger partial charge in [-0.2, -0.15) is 0 Å². The van der Waals surface area contributed by atoms with Gasteiger partial charge in [0.1, 0.15) is 17.9 Å². The van der Waals surface area contributed by atoms with E-state index in [1.807, 2.05) is 36.4 Å². The van der Waals surface area contributed by atoms with E-state index < -0.39 is 0 Å². The Balaban J connectivity index is 1.73. The standard InChI is InChI=1S/C25H27N3O3/c1-4-19-11-9-12-20(14-19)28-25-21-15-24(23(30-3)16-22(21)26-17-27-25)31-13-8-6-5-7-10-18(2)29/h1,9,11-12,14-17H,5-8,10,13H2,2-3H3,(H,26,27,28). The van der Waals surface area contributed by atoms with Gasteiger partial charge in [-0.1, -0.05) is 24.8 Å². The fraction of sp³-hybridized carbons (Fsp3) is 0.320. The van der Waals surface area contributed by atoms with Gasteiger partial charge >= 0.3 is 0 Å². The summed E-state index contributed by atoms with van der Waals surface area (Å²) in [5.74, 6) is 4.82. The van der Waals surface area contributed by atoms with E-state index in [0.717, 1.165) is 47.8 Å². The molecule has 1 aromatic heterocycles. The third-order valence-electron chi connectivity index (χ3n) is 4.89. The van der Waals surface area contributed by atoms with Crippen molar-refractivity contribution in [1.82, 2.24) is 9.97 Å². The van der Waals surface area contributed by atoms with E-state index in [-0.39, 0.29) is 5.78 Å². The summed E-state index contributed by atoms with van der Waals surface area (Å²) in [7, 11) is 1.61. The van der Waals surface area contributed by atoms with Gasteiger partial charge in [-0.15, -0.1) is 6.42 Å². The molecule has 0 aliphatic rings. The first-order valence-electron chi connectivity index (χ1n) is 10.4. The highest BCUT2D eigenvalue weighted by Crippen LogP contribution is 2.35. The number of fused-ring (bicyclic) bond motifs is 1. The number of ketones is 1. The zero-order valence-corrected chi connectivity index (χ0v) is 18.0. The number of hydrogen-bond acceptors (Lipinski definition) is 6. The van der Waals surface area contributed by atoms with Crippen molar-refractivity contribution in [2.75, 3.05) is 19.0 Å². The Morgan fingerprint density at radius 3 is 2.71 bits per heavy atom. The Bertz CT molecular complexity index is 1090. The molecule has 0 aliphatic carbocycles. The molecule has 160 valence electrons. The minimum Gasteiger partial charge on any atom is -0.493 e. The fourth-order valence-electron chi connectivity index (χ4n) is 3.27. The van der Waals surface area contributed by atoms with Crippen LogP contribution in [0.2, 0.25) is 0 Å². The van der Waals surface area contributed by atoms with Crippen molar-refractivity contribution in [3.8, 4) is 23.8 Å². The van der Waals surface area contributed by atoms with Crippen LogP contribution in [0.15, 0.2) is 42.7 Å². The van der Waals surface area contributed by atoms with E-state index in [0.29, 0.717) is 30.3 Å². The van der Waals surface area contributed by atoms with Gasteiger partial charge in [0.25, 0.3) is 0 Å². The van der Waals surface area contributed by atoms with Gasteiger partial charge in [-0.3, -0.25) is 0 Å². The van der Waals surface area contributed by atoms with E-state index in [2.05, 4.69) is 21.2 Å². The topological polar surface area (TPSA) is 73.3 Å². The van der Waals surface area contributed by atoms with Crippen LogP contribution in [0.1, 0.15) is 44.6 Å². The van der Waals surface area contributed by atoms with E-state index in [4.69, 9.17) is 15.9 Å². The summed E-state index contributed by atoms with van der Waals surface area (Å²) in [6.07, 6.45) is 11.6. The van der Waals surface area contributed by atoms with Gasteiger partial charge in [-0.05, 0) is 44.0 Å². The molecule has 0 aliphatic heterocycles. The second kappa shape index (κ2) is 11.0. The predicted molar refractivity (Wildman–Crippen MR) is 123 cm³/mol. The lowest BCUT2D eigenvalue weighted by molar-refractivity contribution is -0.117. The van der Waals surface area contributed by atoms with E-state index in [1.54, 1.807) is 14.0 Å². The molecule has 1 heterocycles. The number of nitrogens with one attached hydrogen (secondary N) is 1. The lowest BCUT2D eigenvalue weighted by atomic mass is 10.1. The number of benzene rings is 2. The number of unbranched alkanes of at least 4 members (excludes halogenated alkanes) is 3. The number of carbonyl (C=O) groups is 1. The largest absolute Gasteiger partial charge is 0.493 e. The number of anilines is 2. The van der Waals surface area contributed by atoms with Gasteiger partial charge in [-0.25, -0.2) is 9.97 Å². The number of hydrogen-bond donors (Lipinski definition) is 1. The van der Waals surface area contributed by atoms with Crippen molar-refractivity contribution < 1.29 is 14.3 Å². The maximum atomic E-state index is 11.0. The molecule has 31 heavy (non-hydrogen) atoms. The Morgan fingerprint density at radius 1 is 1.10 bits per heavy atom.